The van der Waals surface area contributed by atoms with Gasteiger partial charge in [0, 0.05) is 0 Å². The average molecular weight is 915 g/mol. The predicted octanol–water partition coefficient (Wildman–Crippen LogP) is 16.6. The summed E-state index contributed by atoms with van der Waals surface area (Å²) in [7, 11) is 0. The van der Waals surface area contributed by atoms with Gasteiger partial charge < -0.3 is 25.7 Å². The standard InChI is InChI=1S/C59H111NO5/c1-3-5-7-9-11-13-15-17-19-21-23-24-25-26-27-28-29-30-31-32-33-34-35-37-38-40-42-44-46-48-50-52-56(62)58(64)55(54-61)60-59(65)57(63)53-51-49-47-45-43-41-39-36-22-20-18-16-14-12-10-8-6-4-2/h12,14,16,18,37-38,44,46,55-58,61-64H,3-11,13,15,17,19-36,39-43,45,47-54H2,1-2H3,(H,60,65)/b14-12-,18-16-,38-37+,46-44+. The fourth-order valence-electron chi connectivity index (χ4n) is 8.77. The minimum absolute atomic E-state index is 0.353. The highest BCUT2D eigenvalue weighted by Crippen LogP contribution is 2.17. The van der Waals surface area contributed by atoms with Gasteiger partial charge in [-0.15, -0.1) is 0 Å². The molecule has 0 heterocycles. The molecular weight excluding hydrogens is 803 g/mol. The largest absolute Gasteiger partial charge is 0.394 e. The molecular formula is C59H111NO5. The van der Waals surface area contributed by atoms with E-state index in [1.54, 1.807) is 0 Å². The molecule has 0 aliphatic carbocycles. The summed E-state index contributed by atoms with van der Waals surface area (Å²) in [4.78, 5) is 12.6. The second-order valence-electron chi connectivity index (χ2n) is 19.6. The fraction of sp³-hybridized carbons (Fsp3) is 0.847. The van der Waals surface area contributed by atoms with Crippen LogP contribution in [0.2, 0.25) is 0 Å². The highest BCUT2D eigenvalue weighted by Gasteiger charge is 2.28. The normalized spacial score (nSPS) is 14.1. The average Bonchev–Trinajstić information content (AvgIpc) is 3.31. The lowest BCUT2D eigenvalue weighted by Gasteiger charge is -2.27. The first-order valence-electron chi connectivity index (χ1n) is 28.5. The molecule has 0 aromatic carbocycles. The Morgan fingerprint density at radius 2 is 0.692 bits per heavy atom. The minimum atomic E-state index is -1.29. The van der Waals surface area contributed by atoms with Crippen molar-refractivity contribution < 1.29 is 25.2 Å². The van der Waals surface area contributed by atoms with Crippen LogP contribution in [0.1, 0.15) is 290 Å². The van der Waals surface area contributed by atoms with E-state index in [1.165, 1.54) is 212 Å². The predicted molar refractivity (Wildman–Crippen MR) is 283 cm³/mol. The van der Waals surface area contributed by atoms with Gasteiger partial charge in [0.25, 0.3) is 0 Å². The Labute approximate surface area is 404 Å². The van der Waals surface area contributed by atoms with E-state index >= 15 is 0 Å². The number of rotatable bonds is 52. The maximum Gasteiger partial charge on any atom is 0.249 e. The third kappa shape index (κ3) is 47.1. The van der Waals surface area contributed by atoms with Crippen molar-refractivity contribution in [1.82, 2.24) is 5.32 Å². The van der Waals surface area contributed by atoms with Crippen LogP contribution in [-0.4, -0.2) is 57.3 Å². The first-order valence-corrected chi connectivity index (χ1v) is 28.5. The number of carbonyl (C=O) groups is 1. The van der Waals surface area contributed by atoms with Crippen molar-refractivity contribution in [3.8, 4) is 0 Å². The van der Waals surface area contributed by atoms with Crippen LogP contribution in [0.25, 0.3) is 0 Å². The Balaban J connectivity index is 3.66. The van der Waals surface area contributed by atoms with Crippen molar-refractivity contribution in [2.45, 2.75) is 314 Å². The molecule has 65 heavy (non-hydrogen) atoms. The van der Waals surface area contributed by atoms with Gasteiger partial charge in [0.05, 0.1) is 18.8 Å². The Kier molecular flexibility index (Phi) is 51.8. The van der Waals surface area contributed by atoms with E-state index in [-0.39, 0.29) is 0 Å². The van der Waals surface area contributed by atoms with Gasteiger partial charge in [0.1, 0.15) is 12.2 Å². The van der Waals surface area contributed by atoms with Gasteiger partial charge >= 0.3 is 0 Å². The first kappa shape index (κ1) is 63.3. The zero-order valence-electron chi connectivity index (χ0n) is 43.2. The van der Waals surface area contributed by atoms with Gasteiger partial charge in [-0.25, -0.2) is 0 Å². The number of amides is 1. The molecule has 0 saturated carbocycles. The number of carbonyl (C=O) groups excluding carboxylic acids is 1. The van der Waals surface area contributed by atoms with Crippen molar-refractivity contribution in [3.05, 3.63) is 48.6 Å². The molecule has 0 radical (unpaired) electrons. The lowest BCUT2D eigenvalue weighted by Crippen LogP contribution is -2.53. The molecule has 5 N–H and O–H groups in total. The molecule has 0 aliphatic heterocycles. The van der Waals surface area contributed by atoms with Gasteiger partial charge in [-0.1, -0.05) is 262 Å². The van der Waals surface area contributed by atoms with Crippen LogP contribution in [0.5, 0.6) is 0 Å². The number of hydrogen-bond donors (Lipinski definition) is 5. The zero-order valence-corrected chi connectivity index (χ0v) is 43.2. The van der Waals surface area contributed by atoms with E-state index in [4.69, 9.17) is 0 Å². The van der Waals surface area contributed by atoms with E-state index in [1.807, 2.05) is 0 Å². The molecule has 1 amide bonds. The zero-order chi connectivity index (χ0) is 47.4. The summed E-state index contributed by atoms with van der Waals surface area (Å²) in [5, 5.41) is 43.9. The summed E-state index contributed by atoms with van der Waals surface area (Å²) in [6.07, 6.45) is 67.6. The van der Waals surface area contributed by atoms with E-state index in [9.17, 15) is 25.2 Å². The number of aliphatic hydroxyl groups excluding tert-OH is 4. The summed E-state index contributed by atoms with van der Waals surface area (Å²) in [5.74, 6) is -0.601. The van der Waals surface area contributed by atoms with Crippen LogP contribution >= 0.6 is 0 Å². The van der Waals surface area contributed by atoms with E-state index < -0.39 is 36.9 Å². The fourth-order valence-corrected chi connectivity index (χ4v) is 8.77. The van der Waals surface area contributed by atoms with E-state index in [2.05, 4.69) is 67.8 Å². The van der Waals surface area contributed by atoms with Crippen molar-refractivity contribution in [2.75, 3.05) is 6.61 Å². The molecule has 0 rings (SSSR count). The first-order chi connectivity index (χ1) is 32.0. The summed E-state index contributed by atoms with van der Waals surface area (Å²) < 4.78 is 0. The number of allylic oxidation sites excluding steroid dienone is 8. The Morgan fingerprint density at radius 1 is 0.385 bits per heavy atom. The molecule has 382 valence electrons. The van der Waals surface area contributed by atoms with Crippen LogP contribution in [0.15, 0.2) is 48.6 Å². The lowest BCUT2D eigenvalue weighted by atomic mass is 10.00. The summed E-state index contributed by atoms with van der Waals surface area (Å²) in [5.41, 5.74) is 0. The Bertz CT molecular complexity index is 1070. The Hall–Kier alpha value is -1.73. The second kappa shape index (κ2) is 53.2. The van der Waals surface area contributed by atoms with Gasteiger partial charge in [-0.05, 0) is 77.0 Å². The van der Waals surface area contributed by atoms with Crippen LogP contribution in [-0.2, 0) is 4.79 Å². The van der Waals surface area contributed by atoms with Crippen molar-refractivity contribution in [2.24, 2.45) is 0 Å². The number of nitrogens with one attached hydrogen (secondary N) is 1. The van der Waals surface area contributed by atoms with Gasteiger partial charge in [-0.3, -0.25) is 4.79 Å². The molecule has 0 spiro atoms. The smallest absolute Gasteiger partial charge is 0.249 e. The van der Waals surface area contributed by atoms with Crippen LogP contribution in [0, 0.1) is 0 Å². The van der Waals surface area contributed by atoms with Crippen LogP contribution in [0.4, 0.5) is 0 Å². The maximum absolute atomic E-state index is 12.6. The molecule has 6 heteroatoms. The highest BCUT2D eigenvalue weighted by molar-refractivity contribution is 5.80. The topological polar surface area (TPSA) is 110 Å². The van der Waals surface area contributed by atoms with Crippen molar-refractivity contribution in [3.63, 3.8) is 0 Å². The molecule has 0 aliphatic rings. The second-order valence-corrected chi connectivity index (χ2v) is 19.6. The molecule has 0 saturated heterocycles. The lowest BCUT2D eigenvalue weighted by molar-refractivity contribution is -0.132. The van der Waals surface area contributed by atoms with Crippen molar-refractivity contribution >= 4 is 5.91 Å². The van der Waals surface area contributed by atoms with Gasteiger partial charge in [-0.2, -0.15) is 0 Å². The maximum atomic E-state index is 12.6. The summed E-state index contributed by atoms with van der Waals surface area (Å²) >= 11 is 0. The number of unbranched alkanes of at least 4 members (excludes halogenated alkanes) is 36. The third-order valence-corrected chi connectivity index (χ3v) is 13.3. The highest BCUT2D eigenvalue weighted by atomic mass is 16.3. The monoisotopic (exact) mass is 914 g/mol. The van der Waals surface area contributed by atoms with Gasteiger partial charge in [0.15, 0.2) is 0 Å². The minimum Gasteiger partial charge on any atom is -0.394 e. The molecule has 0 aromatic rings. The summed E-state index contributed by atoms with van der Waals surface area (Å²) in [6.45, 7) is 4.03. The third-order valence-electron chi connectivity index (χ3n) is 13.3. The molecule has 0 fully saturated rings. The number of aliphatic hydroxyl groups is 4. The quantitative estimate of drug-likeness (QED) is 0.0237. The molecule has 4 atom stereocenters. The van der Waals surface area contributed by atoms with Crippen LogP contribution < -0.4 is 5.32 Å². The van der Waals surface area contributed by atoms with Crippen LogP contribution in [0.3, 0.4) is 0 Å². The molecule has 0 aromatic heterocycles. The SMILES string of the molecule is CCCCC/C=C\C=C/CCCCCCCCCCCC(O)C(=O)NC(CO)C(O)C(O)CCC/C=C/CC/C=C/CCCCCCCCCCCCCCCCCCCCCCCC. The van der Waals surface area contributed by atoms with E-state index in [0.717, 1.165) is 44.9 Å². The van der Waals surface area contributed by atoms with Gasteiger partial charge in [0.2, 0.25) is 5.91 Å². The van der Waals surface area contributed by atoms with E-state index in [0.29, 0.717) is 19.3 Å². The number of hydrogen-bond acceptors (Lipinski definition) is 5. The molecule has 4 unspecified atom stereocenters. The van der Waals surface area contributed by atoms with Crippen molar-refractivity contribution in [1.29, 1.82) is 0 Å². The molecule has 6 nitrogen and oxygen atoms in total. The summed E-state index contributed by atoms with van der Waals surface area (Å²) in [6, 6.07) is -1.01. The Morgan fingerprint density at radius 3 is 1.09 bits per heavy atom. The molecule has 0 bridgehead atoms.